The van der Waals surface area contributed by atoms with Crippen LogP contribution in [0.25, 0.3) is 0 Å². The number of thioether (sulfide) groups is 1. The number of anilines is 3. The van der Waals surface area contributed by atoms with Gasteiger partial charge in [0.25, 0.3) is 0 Å². The highest BCUT2D eigenvalue weighted by Gasteiger charge is 2.27. The third-order valence-corrected chi connectivity index (χ3v) is 6.66. The number of carbonyl (C=O) groups is 1. The summed E-state index contributed by atoms with van der Waals surface area (Å²) in [5, 5.41) is 8.22. The average molecular weight is 387 g/mol. The van der Waals surface area contributed by atoms with Crippen molar-refractivity contribution >= 4 is 57.3 Å². The van der Waals surface area contributed by atoms with E-state index < -0.39 is 0 Å². The van der Waals surface area contributed by atoms with Gasteiger partial charge in [-0.25, -0.2) is 0 Å². The lowest BCUT2D eigenvalue weighted by molar-refractivity contribution is -0.117. The number of hydrogen-bond donors (Lipinski definition) is 1. The first-order valence-electron chi connectivity index (χ1n) is 7.63. The average Bonchev–Trinajstić information content (AvgIpc) is 3.04. The molecular weight excluding hydrogens is 372 g/mol. The molecule has 1 aromatic heterocycles. The van der Waals surface area contributed by atoms with Crippen LogP contribution in [0.2, 0.25) is 0 Å². The van der Waals surface area contributed by atoms with Gasteiger partial charge in [0.05, 0.1) is 11.4 Å². The smallest absolute Gasteiger partial charge is 0.232 e. The highest BCUT2D eigenvalue weighted by Crippen LogP contribution is 2.48. The topological polar surface area (TPSA) is 72.1 Å². The number of para-hydroxylation sites is 2. The number of rotatable bonds is 4. The second kappa shape index (κ2) is 7.07. The number of fused-ring (bicyclic) bond motifs is 2. The minimum absolute atomic E-state index is 0.0742. The van der Waals surface area contributed by atoms with Crippen molar-refractivity contribution in [3.05, 3.63) is 48.5 Å². The van der Waals surface area contributed by atoms with Crippen LogP contribution < -0.4 is 10.6 Å². The minimum Gasteiger partial charge on any atom is -0.374 e. The van der Waals surface area contributed by atoms with Crippen LogP contribution in [0.3, 0.4) is 0 Å². The van der Waals surface area contributed by atoms with Crippen molar-refractivity contribution in [3.8, 4) is 0 Å². The molecule has 1 aliphatic rings. The van der Waals surface area contributed by atoms with E-state index in [9.17, 15) is 4.79 Å². The number of carbonyl (C=O) groups excluding carboxylic acids is 1. The Morgan fingerprint density at radius 1 is 1.04 bits per heavy atom. The number of nitrogens with zero attached hydrogens (tertiary/aromatic N) is 3. The van der Waals surface area contributed by atoms with E-state index in [0.29, 0.717) is 17.3 Å². The zero-order chi connectivity index (χ0) is 17.2. The first-order chi connectivity index (χ1) is 12.2. The second-order valence-corrected chi connectivity index (χ2v) is 8.71. The van der Waals surface area contributed by atoms with Gasteiger partial charge in [0.2, 0.25) is 11.0 Å². The Kier molecular flexibility index (Phi) is 4.65. The molecule has 126 valence electrons. The van der Waals surface area contributed by atoms with Crippen molar-refractivity contribution in [2.45, 2.75) is 20.6 Å². The third-order valence-electron chi connectivity index (χ3n) is 3.65. The van der Waals surface area contributed by atoms with Crippen molar-refractivity contribution in [2.75, 3.05) is 16.4 Å². The van der Waals surface area contributed by atoms with E-state index in [-0.39, 0.29) is 5.91 Å². The number of nitrogen functional groups attached to an aromatic ring is 1. The Hall–Kier alpha value is -2.03. The Morgan fingerprint density at radius 2 is 1.68 bits per heavy atom. The highest BCUT2D eigenvalue weighted by molar-refractivity contribution is 8.01. The molecule has 0 spiro atoms. The summed E-state index contributed by atoms with van der Waals surface area (Å²) in [6, 6.07) is 16.0. The van der Waals surface area contributed by atoms with E-state index in [2.05, 4.69) is 22.3 Å². The number of hydrogen-bond acceptors (Lipinski definition) is 7. The second-order valence-electron chi connectivity index (χ2n) is 5.27. The van der Waals surface area contributed by atoms with Gasteiger partial charge in [0.1, 0.15) is 0 Å². The van der Waals surface area contributed by atoms with Gasteiger partial charge >= 0.3 is 0 Å². The molecular formula is C17H14N4OS3. The van der Waals surface area contributed by atoms with E-state index in [0.717, 1.165) is 25.5 Å². The summed E-state index contributed by atoms with van der Waals surface area (Å²) in [6.07, 6.45) is 0.414. The lowest BCUT2D eigenvalue weighted by atomic mass is 10.2. The van der Waals surface area contributed by atoms with Crippen molar-refractivity contribution in [2.24, 2.45) is 0 Å². The lowest BCUT2D eigenvalue weighted by Crippen LogP contribution is -2.28. The van der Waals surface area contributed by atoms with E-state index in [1.807, 2.05) is 41.3 Å². The Balaban J connectivity index is 1.55. The lowest BCUT2D eigenvalue weighted by Gasteiger charge is -2.31. The monoisotopic (exact) mass is 386 g/mol. The van der Waals surface area contributed by atoms with Gasteiger partial charge in [-0.05, 0) is 24.3 Å². The summed E-state index contributed by atoms with van der Waals surface area (Å²) >= 11 is 4.55. The van der Waals surface area contributed by atoms with Crippen LogP contribution in [-0.2, 0) is 4.79 Å². The highest BCUT2D eigenvalue weighted by atomic mass is 32.2. The minimum atomic E-state index is 0.0742. The molecule has 0 atom stereocenters. The number of aromatic nitrogens is 2. The predicted octanol–water partition coefficient (Wildman–Crippen LogP) is 4.43. The first-order valence-corrected chi connectivity index (χ1v) is 10.2. The van der Waals surface area contributed by atoms with Crippen molar-refractivity contribution < 1.29 is 4.79 Å². The van der Waals surface area contributed by atoms with Crippen LogP contribution in [0.5, 0.6) is 0 Å². The fourth-order valence-electron chi connectivity index (χ4n) is 2.59. The fourth-order valence-corrected chi connectivity index (χ4v) is 5.28. The van der Waals surface area contributed by atoms with E-state index in [1.54, 1.807) is 11.8 Å². The van der Waals surface area contributed by atoms with Crippen molar-refractivity contribution in [3.63, 3.8) is 0 Å². The Labute approximate surface area is 157 Å². The van der Waals surface area contributed by atoms with Crippen molar-refractivity contribution in [1.29, 1.82) is 0 Å². The molecule has 2 aromatic carbocycles. The number of nitrogens with two attached hydrogens (primary N) is 1. The maximum absolute atomic E-state index is 13.0. The molecule has 2 heterocycles. The molecule has 4 rings (SSSR count). The molecule has 2 N–H and O–H groups in total. The molecule has 0 saturated heterocycles. The van der Waals surface area contributed by atoms with Gasteiger partial charge in [-0.15, -0.1) is 10.2 Å². The SMILES string of the molecule is Nc1nnc(SCCC(=O)N2c3ccccc3Sc3ccccc32)s1. The van der Waals surface area contributed by atoms with Gasteiger partial charge in [-0.2, -0.15) is 0 Å². The van der Waals surface area contributed by atoms with E-state index in [1.165, 1.54) is 23.1 Å². The first kappa shape index (κ1) is 16.4. The molecule has 1 aliphatic heterocycles. The molecule has 0 unspecified atom stereocenters. The van der Waals surface area contributed by atoms with Crippen LogP contribution in [0, 0.1) is 0 Å². The number of amides is 1. The zero-order valence-electron chi connectivity index (χ0n) is 13.1. The van der Waals surface area contributed by atoms with Crippen LogP contribution in [-0.4, -0.2) is 21.9 Å². The van der Waals surface area contributed by atoms with E-state index in [4.69, 9.17) is 5.73 Å². The maximum Gasteiger partial charge on any atom is 0.232 e. The number of benzene rings is 2. The molecule has 1 amide bonds. The molecule has 5 nitrogen and oxygen atoms in total. The molecule has 0 radical (unpaired) electrons. The third kappa shape index (κ3) is 3.37. The Morgan fingerprint density at radius 3 is 2.28 bits per heavy atom. The molecule has 0 aliphatic carbocycles. The molecule has 25 heavy (non-hydrogen) atoms. The summed E-state index contributed by atoms with van der Waals surface area (Å²) in [5.41, 5.74) is 7.48. The van der Waals surface area contributed by atoms with Crippen molar-refractivity contribution in [1.82, 2.24) is 10.2 Å². The molecule has 0 saturated carbocycles. The summed E-state index contributed by atoms with van der Waals surface area (Å²) < 4.78 is 0.792. The van der Waals surface area contributed by atoms with Crippen LogP contribution in [0.15, 0.2) is 62.7 Å². The summed E-state index contributed by atoms with van der Waals surface area (Å²) in [6.45, 7) is 0. The molecule has 0 fully saturated rings. The Bertz CT molecular complexity index is 882. The zero-order valence-corrected chi connectivity index (χ0v) is 15.5. The standard InChI is InChI=1S/C17H14N4OS3/c18-16-19-20-17(25-16)23-10-9-15(22)21-11-5-1-3-7-13(11)24-14-8-4-2-6-12(14)21/h1-8H,9-10H2,(H2,18,19). The van der Waals surface area contributed by atoms with Gasteiger partial charge < -0.3 is 5.73 Å². The van der Waals surface area contributed by atoms with Crippen LogP contribution in [0.4, 0.5) is 16.5 Å². The van der Waals surface area contributed by atoms with Gasteiger partial charge in [0, 0.05) is 22.0 Å². The predicted molar refractivity (Wildman–Crippen MR) is 104 cm³/mol. The largest absolute Gasteiger partial charge is 0.374 e. The van der Waals surface area contributed by atoms with Gasteiger partial charge in [0.15, 0.2) is 4.34 Å². The summed E-state index contributed by atoms with van der Waals surface area (Å²) in [7, 11) is 0. The van der Waals surface area contributed by atoms with Crippen LogP contribution >= 0.6 is 34.9 Å². The summed E-state index contributed by atoms with van der Waals surface area (Å²) in [4.78, 5) is 17.0. The summed E-state index contributed by atoms with van der Waals surface area (Å²) in [5.74, 6) is 0.715. The van der Waals surface area contributed by atoms with Gasteiger partial charge in [-0.1, -0.05) is 59.1 Å². The van der Waals surface area contributed by atoms with E-state index >= 15 is 0 Å². The molecule has 3 aromatic rings. The maximum atomic E-state index is 13.0. The quantitative estimate of drug-likeness (QED) is 0.669. The molecule has 8 heteroatoms. The normalized spacial score (nSPS) is 12.6. The van der Waals surface area contributed by atoms with Crippen LogP contribution in [0.1, 0.15) is 6.42 Å². The van der Waals surface area contributed by atoms with Gasteiger partial charge in [-0.3, -0.25) is 9.69 Å². The fraction of sp³-hybridized carbons (Fsp3) is 0.118. The molecule has 0 bridgehead atoms.